The Kier molecular flexibility index (Phi) is 6.78. The summed E-state index contributed by atoms with van der Waals surface area (Å²) in [7, 11) is -3.88. The summed E-state index contributed by atoms with van der Waals surface area (Å²) >= 11 is 1.50. The van der Waals surface area contributed by atoms with Gasteiger partial charge in [0.05, 0.1) is 5.75 Å². The molecule has 0 amide bonds. The second-order valence-corrected chi connectivity index (χ2v) is 6.95. The van der Waals surface area contributed by atoms with Gasteiger partial charge in [-0.2, -0.15) is 8.42 Å². The number of hydrogen-bond acceptors (Lipinski definition) is 7. The van der Waals surface area contributed by atoms with Crippen LogP contribution in [0.4, 0.5) is 0 Å². The molecule has 1 aliphatic rings. The Labute approximate surface area is 139 Å². The summed E-state index contributed by atoms with van der Waals surface area (Å²) in [6, 6.07) is 5.72. The smallest absolute Gasteiger partial charge is 0.264 e. The highest BCUT2D eigenvalue weighted by Crippen LogP contribution is 2.34. The predicted octanol–water partition coefficient (Wildman–Crippen LogP) is 1.79. The van der Waals surface area contributed by atoms with E-state index in [0.29, 0.717) is 25.3 Å². The predicted molar refractivity (Wildman–Crippen MR) is 87.5 cm³/mol. The van der Waals surface area contributed by atoms with Crippen molar-refractivity contribution in [2.24, 2.45) is 0 Å². The van der Waals surface area contributed by atoms with Crippen molar-refractivity contribution in [3.8, 4) is 11.5 Å². The van der Waals surface area contributed by atoms with Crippen molar-refractivity contribution in [1.82, 2.24) is 10.3 Å². The number of ether oxygens (including phenoxy) is 2. The number of nitrogens with zero attached hydrogens (tertiary/aromatic N) is 1. The van der Waals surface area contributed by atoms with Gasteiger partial charge >= 0.3 is 0 Å². The van der Waals surface area contributed by atoms with Gasteiger partial charge in [-0.1, -0.05) is 6.07 Å². The number of thiophene rings is 1. The van der Waals surface area contributed by atoms with Crippen LogP contribution in [-0.4, -0.2) is 43.1 Å². The van der Waals surface area contributed by atoms with Crippen LogP contribution >= 0.6 is 11.3 Å². The van der Waals surface area contributed by atoms with Gasteiger partial charge in [0.1, 0.15) is 6.61 Å². The number of nitrogens with one attached hydrogen (secondary N) is 1. The van der Waals surface area contributed by atoms with E-state index < -0.39 is 10.1 Å². The third kappa shape index (κ3) is 6.95. The maximum absolute atomic E-state index is 10.5. The normalized spacial score (nSPS) is 16.3. The fourth-order valence-corrected chi connectivity index (χ4v) is 2.93. The van der Waals surface area contributed by atoms with E-state index in [2.05, 4.69) is 10.3 Å². The molecule has 2 aromatic heterocycles. The Morgan fingerprint density at radius 2 is 2.00 bits per heavy atom. The zero-order valence-electron chi connectivity index (χ0n) is 12.3. The van der Waals surface area contributed by atoms with Crippen molar-refractivity contribution >= 4 is 21.5 Å². The van der Waals surface area contributed by atoms with Crippen molar-refractivity contribution in [2.75, 3.05) is 18.9 Å². The van der Waals surface area contributed by atoms with E-state index in [1.807, 2.05) is 29.0 Å². The third-order valence-electron chi connectivity index (χ3n) is 2.77. The molecule has 9 heteroatoms. The first-order chi connectivity index (χ1) is 11.0. The minimum Gasteiger partial charge on any atom is -0.483 e. The van der Waals surface area contributed by atoms with Gasteiger partial charge in [-0.05, 0) is 25.1 Å². The molecule has 0 saturated carbocycles. The molecule has 0 spiro atoms. The molecule has 0 bridgehead atoms. The molecule has 0 saturated heterocycles. The van der Waals surface area contributed by atoms with Gasteiger partial charge in [0.2, 0.25) is 0 Å². The standard InChI is InChI=1S/C9H13NO5S2.C5H5N/c11-17(12,13)3-1-2-10-9-4-14-7-5-16-6-8(7)15-9;1-2-4-6-5-3-1/h5-6,9-10H,1-4H2,(H,11,12,13);1-5H. The van der Waals surface area contributed by atoms with Crippen molar-refractivity contribution in [3.05, 3.63) is 41.4 Å². The summed E-state index contributed by atoms with van der Waals surface area (Å²) in [6.45, 7) is 0.822. The van der Waals surface area contributed by atoms with E-state index in [-0.39, 0.29) is 12.0 Å². The summed E-state index contributed by atoms with van der Waals surface area (Å²) in [6.07, 6.45) is 3.55. The van der Waals surface area contributed by atoms with E-state index >= 15 is 0 Å². The van der Waals surface area contributed by atoms with Crippen LogP contribution in [0.2, 0.25) is 0 Å². The minimum atomic E-state index is -3.88. The summed E-state index contributed by atoms with van der Waals surface area (Å²) in [5.41, 5.74) is 0. The number of hydrogen-bond donors (Lipinski definition) is 2. The van der Waals surface area contributed by atoms with Crippen molar-refractivity contribution in [1.29, 1.82) is 0 Å². The Morgan fingerprint density at radius 3 is 2.61 bits per heavy atom. The fourth-order valence-electron chi connectivity index (χ4n) is 1.75. The highest BCUT2D eigenvalue weighted by atomic mass is 32.2. The molecule has 1 unspecified atom stereocenters. The average Bonchev–Trinajstić information content (AvgIpc) is 3.01. The lowest BCUT2D eigenvalue weighted by molar-refractivity contribution is 0.0682. The van der Waals surface area contributed by atoms with E-state index in [0.717, 1.165) is 5.75 Å². The molecule has 2 aromatic rings. The largest absolute Gasteiger partial charge is 0.483 e. The zero-order valence-corrected chi connectivity index (χ0v) is 13.9. The average molecular weight is 358 g/mol. The van der Waals surface area contributed by atoms with Crippen LogP contribution in [0.25, 0.3) is 0 Å². The molecule has 1 atom stereocenters. The molecular weight excluding hydrogens is 340 g/mol. The molecule has 0 fully saturated rings. The topological polar surface area (TPSA) is 97.8 Å². The van der Waals surface area contributed by atoms with Crippen molar-refractivity contribution in [2.45, 2.75) is 12.6 Å². The van der Waals surface area contributed by atoms with Gasteiger partial charge in [0.15, 0.2) is 17.7 Å². The Hall–Kier alpha value is -1.68. The lowest BCUT2D eigenvalue weighted by atomic mass is 10.4. The van der Waals surface area contributed by atoms with Gasteiger partial charge in [-0.25, -0.2) is 0 Å². The molecule has 2 N–H and O–H groups in total. The molecule has 1 aliphatic heterocycles. The number of rotatable bonds is 5. The summed E-state index contributed by atoms with van der Waals surface area (Å²) in [5.74, 6) is 1.19. The number of pyridine rings is 1. The first-order valence-corrected chi connectivity index (χ1v) is 9.49. The van der Waals surface area contributed by atoms with E-state index in [1.54, 1.807) is 12.4 Å². The Balaban J connectivity index is 0.000000268. The highest BCUT2D eigenvalue weighted by molar-refractivity contribution is 7.85. The van der Waals surface area contributed by atoms with Crippen LogP contribution in [0.5, 0.6) is 11.5 Å². The molecule has 23 heavy (non-hydrogen) atoms. The van der Waals surface area contributed by atoms with Gasteiger partial charge in [-0.3, -0.25) is 14.9 Å². The maximum atomic E-state index is 10.5. The first-order valence-electron chi connectivity index (χ1n) is 6.94. The van der Waals surface area contributed by atoms with Crippen molar-refractivity contribution in [3.63, 3.8) is 0 Å². The summed E-state index contributed by atoms with van der Waals surface area (Å²) in [5, 5.41) is 6.72. The molecule has 0 radical (unpaired) electrons. The number of aromatic nitrogens is 1. The quantitative estimate of drug-likeness (QED) is 0.621. The number of fused-ring (bicyclic) bond motifs is 1. The molecule has 126 valence electrons. The maximum Gasteiger partial charge on any atom is 0.264 e. The lowest BCUT2D eigenvalue weighted by Crippen LogP contribution is -2.42. The second kappa shape index (κ2) is 8.82. The molecule has 0 aliphatic carbocycles. The van der Waals surface area contributed by atoms with Gasteiger partial charge in [-0.15, -0.1) is 11.3 Å². The Bertz CT molecular complexity index is 649. The van der Waals surface area contributed by atoms with Crippen LogP contribution in [-0.2, 0) is 10.1 Å². The van der Waals surface area contributed by atoms with E-state index in [1.165, 1.54) is 11.3 Å². The minimum absolute atomic E-state index is 0.253. The molecule has 7 nitrogen and oxygen atoms in total. The zero-order chi connectivity index (χ0) is 16.5. The van der Waals surface area contributed by atoms with Gasteiger partial charge in [0, 0.05) is 23.2 Å². The van der Waals surface area contributed by atoms with Crippen LogP contribution in [0.3, 0.4) is 0 Å². The third-order valence-corrected chi connectivity index (χ3v) is 4.27. The molecular formula is C14H18N2O5S2. The Morgan fingerprint density at radius 1 is 1.26 bits per heavy atom. The van der Waals surface area contributed by atoms with Crippen LogP contribution < -0.4 is 14.8 Å². The van der Waals surface area contributed by atoms with Crippen LogP contribution in [0.15, 0.2) is 41.4 Å². The fraction of sp³-hybridized carbons (Fsp3) is 0.357. The van der Waals surface area contributed by atoms with Gasteiger partial charge < -0.3 is 9.47 Å². The SMILES string of the molecule is O=S(=O)(O)CCCNC1COc2cscc2O1.c1ccncc1. The monoisotopic (exact) mass is 358 g/mol. The van der Waals surface area contributed by atoms with Crippen molar-refractivity contribution < 1.29 is 22.4 Å². The summed E-state index contributed by atoms with van der Waals surface area (Å²) in [4.78, 5) is 3.78. The molecule has 3 rings (SSSR count). The van der Waals surface area contributed by atoms with Crippen LogP contribution in [0.1, 0.15) is 6.42 Å². The van der Waals surface area contributed by atoms with Crippen LogP contribution in [0, 0.1) is 0 Å². The molecule has 0 aromatic carbocycles. The highest BCUT2D eigenvalue weighted by Gasteiger charge is 2.20. The van der Waals surface area contributed by atoms with E-state index in [4.69, 9.17) is 14.0 Å². The summed E-state index contributed by atoms with van der Waals surface area (Å²) < 4.78 is 40.5. The lowest BCUT2D eigenvalue weighted by Gasteiger charge is -2.25. The van der Waals surface area contributed by atoms with Gasteiger partial charge in [0.25, 0.3) is 10.1 Å². The second-order valence-electron chi connectivity index (χ2n) is 4.64. The molecule has 3 heterocycles. The van der Waals surface area contributed by atoms with E-state index in [9.17, 15) is 8.42 Å². The first kappa shape index (κ1) is 17.7.